The summed E-state index contributed by atoms with van der Waals surface area (Å²) in [6, 6.07) is 7.77. The van der Waals surface area contributed by atoms with Crippen molar-refractivity contribution >= 4 is 23.4 Å². The number of ether oxygens (including phenoxy) is 2. The number of benzene rings is 2. The number of nitro groups is 1. The molecule has 1 amide bonds. The number of piperazine rings is 1. The van der Waals surface area contributed by atoms with Gasteiger partial charge in [-0.05, 0) is 42.8 Å². The monoisotopic (exact) mass is 479 g/mol. The molecule has 2 aromatic rings. The molecule has 8 nitrogen and oxygen atoms in total. The van der Waals surface area contributed by atoms with Crippen molar-refractivity contribution in [3.63, 3.8) is 0 Å². The molecule has 0 unspecified atom stereocenters. The SMILES string of the molecule is CCOc1ccc(C=CC(=O)N2CCN(c3ccc(C(F)(F)F)cc3[N+](=O)[O-])CC2)cc1OC. The van der Waals surface area contributed by atoms with Gasteiger partial charge in [0.2, 0.25) is 5.91 Å². The predicted octanol–water partition coefficient (Wildman–Crippen LogP) is 4.38. The van der Waals surface area contributed by atoms with Crippen molar-refractivity contribution in [2.75, 3.05) is 44.8 Å². The predicted molar refractivity (Wildman–Crippen MR) is 120 cm³/mol. The van der Waals surface area contributed by atoms with Crippen LogP contribution in [0.5, 0.6) is 11.5 Å². The summed E-state index contributed by atoms with van der Waals surface area (Å²) >= 11 is 0. The zero-order chi connectivity index (χ0) is 24.9. The Balaban J connectivity index is 1.66. The number of rotatable bonds is 7. The van der Waals surface area contributed by atoms with E-state index in [2.05, 4.69) is 0 Å². The number of anilines is 1. The highest BCUT2D eigenvalue weighted by Gasteiger charge is 2.34. The molecule has 34 heavy (non-hydrogen) atoms. The fourth-order valence-electron chi connectivity index (χ4n) is 3.62. The minimum Gasteiger partial charge on any atom is -0.493 e. The Hall–Kier alpha value is -3.76. The zero-order valence-corrected chi connectivity index (χ0v) is 18.7. The third-order valence-corrected chi connectivity index (χ3v) is 5.34. The van der Waals surface area contributed by atoms with Crippen LogP contribution in [0.15, 0.2) is 42.5 Å². The maximum absolute atomic E-state index is 12.9. The molecular formula is C23H24F3N3O5. The first kappa shape index (κ1) is 24.9. The Morgan fingerprint density at radius 3 is 2.41 bits per heavy atom. The molecule has 1 saturated heterocycles. The van der Waals surface area contributed by atoms with Crippen LogP contribution in [0.3, 0.4) is 0 Å². The van der Waals surface area contributed by atoms with Crippen LogP contribution in [0, 0.1) is 10.1 Å². The normalized spacial score (nSPS) is 14.4. The van der Waals surface area contributed by atoms with Crippen molar-refractivity contribution in [3.05, 3.63) is 63.7 Å². The summed E-state index contributed by atoms with van der Waals surface area (Å²) in [7, 11) is 1.52. The number of carbonyl (C=O) groups is 1. The molecule has 0 saturated carbocycles. The molecule has 0 radical (unpaired) electrons. The van der Waals surface area contributed by atoms with Gasteiger partial charge in [-0.2, -0.15) is 13.2 Å². The van der Waals surface area contributed by atoms with Gasteiger partial charge in [-0.25, -0.2) is 0 Å². The van der Waals surface area contributed by atoms with Gasteiger partial charge in [0.15, 0.2) is 11.5 Å². The lowest BCUT2D eigenvalue weighted by molar-refractivity contribution is -0.384. The van der Waals surface area contributed by atoms with Crippen molar-refractivity contribution in [3.8, 4) is 11.5 Å². The first-order valence-electron chi connectivity index (χ1n) is 10.5. The fourth-order valence-corrected chi connectivity index (χ4v) is 3.62. The van der Waals surface area contributed by atoms with Crippen LogP contribution in [0.1, 0.15) is 18.1 Å². The summed E-state index contributed by atoms with van der Waals surface area (Å²) in [4.78, 5) is 26.3. The van der Waals surface area contributed by atoms with Gasteiger partial charge in [-0.1, -0.05) is 6.07 Å². The molecule has 1 aliphatic rings. The molecule has 1 fully saturated rings. The van der Waals surface area contributed by atoms with Crippen molar-refractivity contribution < 1.29 is 32.4 Å². The lowest BCUT2D eigenvalue weighted by atomic mass is 10.1. The summed E-state index contributed by atoms with van der Waals surface area (Å²) < 4.78 is 49.6. The van der Waals surface area contributed by atoms with Crippen molar-refractivity contribution in [2.45, 2.75) is 13.1 Å². The van der Waals surface area contributed by atoms with Crippen LogP contribution in [0.4, 0.5) is 24.5 Å². The van der Waals surface area contributed by atoms with Gasteiger partial charge in [-0.15, -0.1) is 0 Å². The number of hydrogen-bond donors (Lipinski definition) is 0. The van der Waals surface area contributed by atoms with Crippen LogP contribution in [0.25, 0.3) is 6.08 Å². The van der Waals surface area contributed by atoms with E-state index in [1.54, 1.807) is 34.1 Å². The second-order valence-electron chi connectivity index (χ2n) is 7.45. The van der Waals surface area contributed by atoms with E-state index in [4.69, 9.17) is 9.47 Å². The minimum absolute atomic E-state index is 0.0992. The number of halogens is 3. The number of alkyl halides is 3. The van der Waals surface area contributed by atoms with Gasteiger partial charge < -0.3 is 19.3 Å². The number of nitrogens with zero attached hydrogens (tertiary/aromatic N) is 3. The van der Waals surface area contributed by atoms with E-state index < -0.39 is 22.4 Å². The number of amides is 1. The topological polar surface area (TPSA) is 85.2 Å². The summed E-state index contributed by atoms with van der Waals surface area (Å²) in [6.45, 7) is 3.40. The van der Waals surface area contributed by atoms with Gasteiger partial charge in [0.1, 0.15) is 5.69 Å². The van der Waals surface area contributed by atoms with Gasteiger partial charge in [0.25, 0.3) is 5.69 Å². The molecule has 0 atom stereocenters. The van der Waals surface area contributed by atoms with Crippen LogP contribution in [-0.2, 0) is 11.0 Å². The molecule has 1 heterocycles. The number of carbonyl (C=O) groups excluding carboxylic acids is 1. The highest BCUT2D eigenvalue weighted by molar-refractivity contribution is 5.92. The summed E-state index contributed by atoms with van der Waals surface area (Å²) in [5, 5.41) is 11.4. The van der Waals surface area contributed by atoms with E-state index in [9.17, 15) is 28.1 Å². The van der Waals surface area contributed by atoms with E-state index in [1.165, 1.54) is 13.2 Å². The quantitative estimate of drug-likeness (QED) is 0.333. The number of hydrogen-bond acceptors (Lipinski definition) is 6. The molecule has 2 aromatic carbocycles. The second kappa shape index (κ2) is 10.4. The van der Waals surface area contributed by atoms with E-state index in [0.29, 0.717) is 24.2 Å². The highest BCUT2D eigenvalue weighted by Crippen LogP contribution is 2.36. The van der Waals surface area contributed by atoms with Gasteiger partial charge >= 0.3 is 6.18 Å². The first-order valence-corrected chi connectivity index (χ1v) is 10.5. The fraction of sp³-hybridized carbons (Fsp3) is 0.348. The first-order chi connectivity index (χ1) is 16.1. The largest absolute Gasteiger partial charge is 0.493 e. The molecule has 182 valence electrons. The highest BCUT2D eigenvalue weighted by atomic mass is 19.4. The summed E-state index contributed by atoms with van der Waals surface area (Å²) in [5.41, 5.74) is -0.846. The molecule has 0 spiro atoms. The van der Waals surface area contributed by atoms with Crippen LogP contribution in [-0.4, -0.2) is 55.6 Å². The average Bonchev–Trinajstić information content (AvgIpc) is 2.82. The molecule has 0 bridgehead atoms. The summed E-state index contributed by atoms with van der Waals surface area (Å²) in [6.07, 6.45) is -1.60. The van der Waals surface area contributed by atoms with Crippen molar-refractivity contribution in [2.24, 2.45) is 0 Å². The molecule has 0 aliphatic carbocycles. The van der Waals surface area contributed by atoms with Crippen LogP contribution < -0.4 is 14.4 Å². The minimum atomic E-state index is -4.67. The Bertz CT molecular complexity index is 1080. The average molecular weight is 479 g/mol. The molecule has 0 aromatic heterocycles. The third kappa shape index (κ3) is 5.77. The Morgan fingerprint density at radius 1 is 1.12 bits per heavy atom. The molecule has 1 aliphatic heterocycles. The van der Waals surface area contributed by atoms with Gasteiger partial charge in [0, 0.05) is 38.3 Å². The number of nitro benzene ring substituents is 1. The van der Waals surface area contributed by atoms with Crippen LogP contribution >= 0.6 is 0 Å². The van der Waals surface area contributed by atoms with E-state index in [0.717, 1.165) is 17.7 Å². The lowest BCUT2D eigenvalue weighted by Gasteiger charge is -2.35. The maximum Gasteiger partial charge on any atom is 0.416 e. The molecular weight excluding hydrogens is 455 g/mol. The molecule has 0 N–H and O–H groups in total. The van der Waals surface area contributed by atoms with Gasteiger partial charge in [0.05, 0.1) is 24.2 Å². The number of methoxy groups -OCH3 is 1. The standard InChI is InChI=1S/C23H24F3N3O5/c1-3-34-20-8-4-16(14-21(20)33-2)5-9-22(30)28-12-10-27(11-13-28)18-7-6-17(23(24,25)26)15-19(18)29(31)32/h4-9,14-15H,3,10-13H2,1-2H3. The van der Waals surface area contributed by atoms with Crippen LogP contribution in [0.2, 0.25) is 0 Å². The zero-order valence-electron chi connectivity index (χ0n) is 18.7. The van der Waals surface area contributed by atoms with Crippen molar-refractivity contribution in [1.82, 2.24) is 4.90 Å². The molecule has 3 rings (SSSR count). The van der Waals surface area contributed by atoms with Crippen molar-refractivity contribution in [1.29, 1.82) is 0 Å². The Labute approximate surface area is 194 Å². The van der Waals surface area contributed by atoms with E-state index in [-0.39, 0.29) is 37.8 Å². The van der Waals surface area contributed by atoms with E-state index >= 15 is 0 Å². The lowest BCUT2D eigenvalue weighted by Crippen LogP contribution is -2.48. The molecule has 11 heteroatoms. The third-order valence-electron chi connectivity index (χ3n) is 5.34. The second-order valence-corrected chi connectivity index (χ2v) is 7.45. The Morgan fingerprint density at radius 2 is 1.82 bits per heavy atom. The summed E-state index contributed by atoms with van der Waals surface area (Å²) in [5.74, 6) is 0.902. The Kier molecular flexibility index (Phi) is 7.64. The van der Waals surface area contributed by atoms with E-state index in [1.807, 2.05) is 6.92 Å². The smallest absolute Gasteiger partial charge is 0.416 e. The maximum atomic E-state index is 12.9. The van der Waals surface area contributed by atoms with Gasteiger partial charge in [-0.3, -0.25) is 14.9 Å².